The topological polar surface area (TPSA) is 87.5 Å². The molecule has 0 radical (unpaired) electrons. The number of piperidine rings is 1. The van der Waals surface area contributed by atoms with Crippen LogP contribution in [-0.4, -0.2) is 42.6 Å². The summed E-state index contributed by atoms with van der Waals surface area (Å²) >= 11 is 0. The number of likely N-dealkylation sites (tertiary alicyclic amines) is 1. The number of hydrogen-bond donors (Lipinski definition) is 3. The normalized spacial score (nSPS) is 34.7. The Morgan fingerprint density at radius 1 is 1.31 bits per heavy atom. The fraction of sp³-hybridized carbons (Fsp3) is 0.800. The first-order chi connectivity index (χ1) is 7.37. The lowest BCUT2D eigenvalue weighted by molar-refractivity contribution is -0.140. The molecule has 6 heteroatoms. The lowest BCUT2D eigenvalue weighted by Gasteiger charge is -2.51. The molecular formula is C10H18N4O2. The molecule has 2 aliphatic rings. The Morgan fingerprint density at radius 2 is 1.88 bits per heavy atom. The van der Waals surface area contributed by atoms with E-state index in [4.69, 9.17) is 5.73 Å². The molecule has 0 aromatic heterocycles. The van der Waals surface area contributed by atoms with Gasteiger partial charge in [0, 0.05) is 0 Å². The smallest absolute Gasteiger partial charge is 0.319 e. The highest BCUT2D eigenvalue weighted by molar-refractivity contribution is 6.01. The van der Waals surface area contributed by atoms with Crippen LogP contribution in [0.5, 0.6) is 0 Å². The fourth-order valence-electron chi connectivity index (χ4n) is 2.59. The van der Waals surface area contributed by atoms with Gasteiger partial charge in [-0.3, -0.25) is 10.1 Å². The summed E-state index contributed by atoms with van der Waals surface area (Å²) in [5.74, 6) is -0.241. The van der Waals surface area contributed by atoms with Crippen molar-refractivity contribution in [2.75, 3.05) is 20.1 Å². The second kappa shape index (κ2) is 3.43. The van der Waals surface area contributed by atoms with Crippen LogP contribution in [0.4, 0.5) is 4.79 Å². The number of rotatable bonds is 0. The van der Waals surface area contributed by atoms with Crippen molar-refractivity contribution >= 4 is 11.9 Å². The predicted molar refractivity (Wildman–Crippen MR) is 58.4 cm³/mol. The Morgan fingerprint density at radius 3 is 2.38 bits per heavy atom. The minimum Gasteiger partial charge on any atom is -0.319 e. The van der Waals surface area contributed by atoms with Gasteiger partial charge in [0.2, 0.25) is 5.91 Å². The summed E-state index contributed by atoms with van der Waals surface area (Å²) in [6.45, 7) is 3.35. The molecule has 6 nitrogen and oxygen atoms in total. The van der Waals surface area contributed by atoms with Crippen LogP contribution in [0, 0.1) is 5.41 Å². The van der Waals surface area contributed by atoms with Gasteiger partial charge in [-0.05, 0) is 39.9 Å². The summed E-state index contributed by atoms with van der Waals surface area (Å²) in [6, 6.07) is -0.500. The highest BCUT2D eigenvalue weighted by Crippen LogP contribution is 2.40. The Bertz CT molecular complexity index is 332. The zero-order valence-corrected chi connectivity index (χ0v) is 9.67. The number of hydrogen-bond acceptors (Lipinski definition) is 4. The molecule has 3 amide bonds. The van der Waals surface area contributed by atoms with Crippen LogP contribution in [0.15, 0.2) is 0 Å². The standard InChI is InChI=1S/C10H18N4O2/c1-9(11)10(3-5-14(2)6-4-10)7(15)12-8(16)13-9/h3-6,11H2,1-2H3,(H2,12,13,15,16). The van der Waals surface area contributed by atoms with E-state index in [1.54, 1.807) is 6.92 Å². The number of nitrogens with one attached hydrogen (secondary N) is 2. The van der Waals surface area contributed by atoms with Crippen molar-refractivity contribution in [3.05, 3.63) is 0 Å². The lowest BCUT2D eigenvalue weighted by atomic mass is 9.67. The Labute approximate surface area is 94.5 Å². The first-order valence-corrected chi connectivity index (χ1v) is 5.48. The number of imide groups is 1. The van der Waals surface area contributed by atoms with Gasteiger partial charge in [-0.1, -0.05) is 0 Å². The molecule has 0 aromatic carbocycles. The third kappa shape index (κ3) is 1.49. The number of urea groups is 1. The van der Waals surface area contributed by atoms with Gasteiger partial charge in [0.05, 0.1) is 5.41 Å². The van der Waals surface area contributed by atoms with E-state index in [-0.39, 0.29) is 5.91 Å². The molecule has 4 N–H and O–H groups in total. The van der Waals surface area contributed by atoms with Gasteiger partial charge in [-0.15, -0.1) is 0 Å². The van der Waals surface area contributed by atoms with E-state index in [0.717, 1.165) is 13.1 Å². The summed E-state index contributed by atoms with van der Waals surface area (Å²) in [4.78, 5) is 25.4. The average Bonchev–Trinajstić information content (AvgIpc) is 2.15. The molecule has 0 saturated carbocycles. The molecule has 2 aliphatic heterocycles. The van der Waals surface area contributed by atoms with Gasteiger partial charge in [-0.2, -0.15) is 0 Å². The first-order valence-electron chi connectivity index (χ1n) is 5.48. The Kier molecular flexibility index (Phi) is 2.43. The third-order valence-corrected chi connectivity index (χ3v) is 3.87. The number of carbonyl (C=O) groups is 2. The molecule has 1 spiro atoms. The molecule has 0 bridgehead atoms. The van der Waals surface area contributed by atoms with E-state index in [2.05, 4.69) is 15.5 Å². The number of nitrogens with two attached hydrogens (primary N) is 1. The summed E-state index contributed by atoms with van der Waals surface area (Å²) in [7, 11) is 2.01. The zero-order chi connectivity index (χ0) is 12.0. The monoisotopic (exact) mass is 226 g/mol. The molecule has 0 aliphatic carbocycles. The van der Waals surface area contributed by atoms with Crippen molar-refractivity contribution in [2.45, 2.75) is 25.4 Å². The van der Waals surface area contributed by atoms with Gasteiger partial charge in [0.25, 0.3) is 0 Å². The molecule has 2 saturated heterocycles. The predicted octanol–water partition coefficient (Wildman–Crippen LogP) is -0.787. The van der Waals surface area contributed by atoms with Crippen LogP contribution in [0.1, 0.15) is 19.8 Å². The quantitative estimate of drug-likeness (QED) is 0.505. The van der Waals surface area contributed by atoms with Crippen molar-refractivity contribution in [1.29, 1.82) is 0 Å². The highest BCUT2D eigenvalue weighted by atomic mass is 16.2. The number of nitrogens with zero attached hydrogens (tertiary/aromatic N) is 1. The van der Waals surface area contributed by atoms with Gasteiger partial charge in [-0.25, -0.2) is 4.79 Å². The van der Waals surface area contributed by atoms with Crippen molar-refractivity contribution in [2.24, 2.45) is 11.1 Å². The second-order valence-corrected chi connectivity index (χ2v) is 5.00. The molecular weight excluding hydrogens is 208 g/mol. The van der Waals surface area contributed by atoms with Gasteiger partial charge < -0.3 is 16.0 Å². The maximum Gasteiger partial charge on any atom is 0.322 e. The molecule has 16 heavy (non-hydrogen) atoms. The number of amides is 3. The molecule has 90 valence electrons. The summed E-state index contributed by atoms with van der Waals surface area (Å²) in [5, 5.41) is 4.97. The maximum atomic E-state index is 12.0. The third-order valence-electron chi connectivity index (χ3n) is 3.87. The van der Waals surface area contributed by atoms with Crippen molar-refractivity contribution < 1.29 is 9.59 Å². The number of carbonyl (C=O) groups excluding carboxylic acids is 2. The molecule has 2 heterocycles. The highest BCUT2D eigenvalue weighted by Gasteiger charge is 2.56. The Hall–Kier alpha value is -1.14. The first kappa shape index (κ1) is 11.3. The molecule has 2 fully saturated rings. The van der Waals surface area contributed by atoms with Crippen LogP contribution < -0.4 is 16.4 Å². The summed E-state index contributed by atoms with van der Waals surface area (Å²) in [6.07, 6.45) is 1.34. The molecule has 0 aromatic rings. The van der Waals surface area contributed by atoms with Crippen LogP contribution >= 0.6 is 0 Å². The van der Waals surface area contributed by atoms with E-state index in [1.165, 1.54) is 0 Å². The average molecular weight is 226 g/mol. The second-order valence-electron chi connectivity index (χ2n) is 5.00. The van der Waals surface area contributed by atoms with Crippen molar-refractivity contribution in [3.63, 3.8) is 0 Å². The van der Waals surface area contributed by atoms with E-state index < -0.39 is 17.1 Å². The van der Waals surface area contributed by atoms with E-state index in [1.807, 2.05) is 7.05 Å². The van der Waals surface area contributed by atoms with Crippen LogP contribution in [0.3, 0.4) is 0 Å². The molecule has 1 atom stereocenters. The SMILES string of the molecule is CN1CCC2(CC1)C(=O)NC(=O)NC2(C)N. The fourth-order valence-corrected chi connectivity index (χ4v) is 2.59. The summed E-state index contributed by atoms with van der Waals surface area (Å²) in [5.41, 5.74) is 4.46. The van der Waals surface area contributed by atoms with Crippen LogP contribution in [0.25, 0.3) is 0 Å². The zero-order valence-electron chi connectivity index (χ0n) is 9.67. The van der Waals surface area contributed by atoms with E-state index in [0.29, 0.717) is 12.8 Å². The van der Waals surface area contributed by atoms with E-state index >= 15 is 0 Å². The van der Waals surface area contributed by atoms with Crippen molar-refractivity contribution in [3.8, 4) is 0 Å². The van der Waals surface area contributed by atoms with Crippen LogP contribution in [-0.2, 0) is 4.79 Å². The maximum absolute atomic E-state index is 12.0. The molecule has 2 rings (SSSR count). The van der Waals surface area contributed by atoms with Gasteiger partial charge in [0.15, 0.2) is 0 Å². The van der Waals surface area contributed by atoms with Gasteiger partial charge in [0.1, 0.15) is 5.66 Å². The minimum absolute atomic E-state index is 0.241. The van der Waals surface area contributed by atoms with E-state index in [9.17, 15) is 9.59 Å². The largest absolute Gasteiger partial charge is 0.322 e. The van der Waals surface area contributed by atoms with Crippen LogP contribution in [0.2, 0.25) is 0 Å². The van der Waals surface area contributed by atoms with Gasteiger partial charge >= 0.3 is 6.03 Å². The lowest BCUT2D eigenvalue weighted by Crippen LogP contribution is -2.76. The Balaban J connectivity index is 2.30. The molecule has 1 unspecified atom stereocenters. The van der Waals surface area contributed by atoms with Crippen molar-refractivity contribution in [1.82, 2.24) is 15.5 Å². The summed E-state index contributed by atoms with van der Waals surface area (Å²) < 4.78 is 0. The minimum atomic E-state index is -0.965.